The van der Waals surface area contributed by atoms with Crippen molar-refractivity contribution in [1.29, 1.82) is 0 Å². The maximum Gasteiger partial charge on any atom is 0.409 e. The molecule has 17 nitrogen and oxygen atoms in total. The van der Waals surface area contributed by atoms with E-state index >= 15 is 0 Å². The minimum Gasteiger partial charge on any atom is -0.495 e. The van der Waals surface area contributed by atoms with Crippen molar-refractivity contribution < 1.29 is 57.6 Å². The SMILES string of the molecule is C=CC.C=CC(C)C(=O)[C@H](CCCCN)NCC(=O)CCCSSC(C)(C)CCC(=O)N(C)[C@@H](C)C(=O)O[C@H]1CC(=O)N(C)c2cc(cc(OC)c2Cl)C/C(C)=C/C=C/[C@@H](OC)[C@@]2(O)C[C@H](OC(=O)N2)[C@@H](C)[C@@H]2O[C@@]12C. The van der Waals surface area contributed by atoms with Gasteiger partial charge < -0.3 is 49.6 Å². The lowest BCUT2D eigenvalue weighted by Gasteiger charge is -2.42. The van der Waals surface area contributed by atoms with Gasteiger partial charge in [-0.1, -0.05) is 89.4 Å². The molecule has 76 heavy (non-hydrogen) atoms. The molecule has 0 radical (unpaired) electrons. The number of nitrogens with two attached hydrogens (primary N) is 1. The van der Waals surface area contributed by atoms with Crippen molar-refractivity contribution in [2.45, 2.75) is 172 Å². The summed E-state index contributed by atoms with van der Waals surface area (Å²) in [6.07, 6.45) is 7.92. The number of carbonyl (C=O) groups excluding carboxylic acids is 6. The number of nitrogens with one attached hydrogen (secondary N) is 2. The number of esters is 1. The van der Waals surface area contributed by atoms with Gasteiger partial charge in [-0.15, -0.1) is 13.2 Å². The molecular formula is C56H86ClN5O12S2. The number of halogens is 1. The first-order valence-electron chi connectivity index (χ1n) is 26.1. The van der Waals surface area contributed by atoms with E-state index in [1.165, 1.54) is 31.1 Å². The Bertz CT molecular complexity index is 2250. The van der Waals surface area contributed by atoms with Crippen LogP contribution in [0.5, 0.6) is 5.75 Å². The van der Waals surface area contributed by atoms with Crippen molar-refractivity contribution in [3.63, 3.8) is 0 Å². The summed E-state index contributed by atoms with van der Waals surface area (Å²) in [6.45, 7) is 22.5. The average molecular weight is 1120 g/mol. The van der Waals surface area contributed by atoms with Crippen LogP contribution >= 0.6 is 33.2 Å². The molecule has 426 valence electrons. The fourth-order valence-electron chi connectivity index (χ4n) is 8.97. The Kier molecular flexibility index (Phi) is 26.8. The number of epoxide rings is 1. The average Bonchev–Trinajstić information content (AvgIpc) is 4.07. The molecule has 0 aromatic heterocycles. The number of ketones is 2. The number of methoxy groups -OCH3 is 2. The normalized spacial score (nSPS) is 26.0. The Morgan fingerprint density at radius 1 is 1.14 bits per heavy atom. The first-order valence-corrected chi connectivity index (χ1v) is 28.8. The summed E-state index contributed by atoms with van der Waals surface area (Å²) in [5.41, 5.74) is 4.59. The van der Waals surface area contributed by atoms with Crippen LogP contribution in [0.1, 0.15) is 119 Å². The van der Waals surface area contributed by atoms with E-state index in [2.05, 4.69) is 23.8 Å². The highest BCUT2D eigenvalue weighted by Crippen LogP contribution is 2.49. The number of anilines is 1. The van der Waals surface area contributed by atoms with Crippen LogP contribution in [0.4, 0.5) is 10.5 Å². The second-order valence-corrected chi connectivity index (χ2v) is 24.3. The van der Waals surface area contributed by atoms with Crippen molar-refractivity contribution in [2.75, 3.05) is 52.1 Å². The number of hydrogen-bond donors (Lipinski definition) is 4. The van der Waals surface area contributed by atoms with E-state index in [9.17, 15) is 33.9 Å². The number of carbonyl (C=O) groups is 6. The molecule has 4 rings (SSSR count). The number of ether oxygens (including phenoxy) is 5. The first kappa shape index (κ1) is 66.1. The number of likely N-dealkylation sites (N-methyl/N-ethyl adjacent to an activating group) is 1. The van der Waals surface area contributed by atoms with Crippen LogP contribution in [0.3, 0.4) is 0 Å². The Balaban J connectivity index is 0.00000495. The van der Waals surface area contributed by atoms with Crippen molar-refractivity contribution in [1.82, 2.24) is 15.5 Å². The quantitative estimate of drug-likeness (QED) is 0.0250. The van der Waals surface area contributed by atoms with Gasteiger partial charge in [-0.25, -0.2) is 9.59 Å². The molecule has 0 spiro atoms. The highest BCUT2D eigenvalue weighted by molar-refractivity contribution is 8.77. The molecule has 5 N–H and O–H groups in total. The summed E-state index contributed by atoms with van der Waals surface area (Å²) in [5.74, 6) is -1.24. The molecule has 0 saturated carbocycles. The van der Waals surface area contributed by atoms with Crippen molar-refractivity contribution in [3.8, 4) is 5.75 Å². The Hall–Kier alpha value is -4.21. The number of amides is 3. The minimum atomic E-state index is -1.86. The topological polar surface area (TPSA) is 229 Å². The summed E-state index contributed by atoms with van der Waals surface area (Å²) in [4.78, 5) is 83.5. The molecule has 2 saturated heterocycles. The summed E-state index contributed by atoms with van der Waals surface area (Å²) in [7, 11) is 9.27. The van der Waals surface area contributed by atoms with Gasteiger partial charge in [-0.05, 0) is 97.9 Å². The van der Waals surface area contributed by atoms with E-state index < -0.39 is 71.7 Å². The van der Waals surface area contributed by atoms with Gasteiger partial charge >= 0.3 is 12.1 Å². The van der Waals surface area contributed by atoms with Gasteiger partial charge in [0.15, 0.2) is 11.5 Å². The number of nitrogens with zero attached hydrogens (tertiary/aromatic N) is 2. The third-order valence-electron chi connectivity index (χ3n) is 14.1. The van der Waals surface area contributed by atoms with E-state index in [1.54, 1.807) is 92.8 Å². The second-order valence-electron chi connectivity index (χ2n) is 20.8. The Morgan fingerprint density at radius 3 is 2.46 bits per heavy atom. The number of Topliss-reactive ketones (excluding diaryl/α,β-unsaturated/α-hetero) is 2. The van der Waals surface area contributed by atoms with Crippen LogP contribution in [-0.4, -0.2) is 145 Å². The molecule has 2 fully saturated rings. The molecule has 3 heterocycles. The van der Waals surface area contributed by atoms with Crippen LogP contribution in [0.25, 0.3) is 0 Å². The molecule has 1 aromatic carbocycles. The number of hydrogen-bond acceptors (Lipinski definition) is 16. The zero-order chi connectivity index (χ0) is 57.1. The predicted molar refractivity (Wildman–Crippen MR) is 303 cm³/mol. The highest BCUT2D eigenvalue weighted by Gasteiger charge is 2.64. The third-order valence-corrected chi connectivity index (χ3v) is 17.9. The molecule has 3 aliphatic heterocycles. The zero-order valence-electron chi connectivity index (χ0n) is 46.9. The summed E-state index contributed by atoms with van der Waals surface area (Å²) >= 11 is 6.83. The van der Waals surface area contributed by atoms with E-state index in [-0.39, 0.29) is 59.0 Å². The standard InChI is InChI=1S/C53H80ClN5O12S2.C3H6/c1-13-33(3)47(63)38(20-14-15-24-55)56-31-37(60)19-17-25-72-73-51(6,7)23-22-44(61)58(9)35(5)49(64)70-43-29-45(62)59(10)39-27-36(28-40(67-11)46(39)54)26-32(2)18-16-21-42(68-12)53(66)30-41(69-50(65)57-53)34(4)48-52(43,8)71-48;1-3-2/h13,16,18,21,27-28,33-35,38,41-43,48,56,66H,1,14-15,17,19-20,22-26,29-31,55H2,2-12H3,(H,57,65);3H,1H2,2H3/b21-16+,32-18+;/t33?,34-,35+,38+,41+,42-,43+,48+,52+,53+;/m1./s1. The molecule has 4 bridgehead atoms. The van der Waals surface area contributed by atoms with Crippen LogP contribution in [0.2, 0.25) is 5.02 Å². The number of alkyl carbamates (subject to hydrolysis) is 1. The number of unbranched alkanes of at least 4 members (excludes halogenated alkanes) is 1. The van der Waals surface area contributed by atoms with Gasteiger partial charge in [0.05, 0.1) is 37.9 Å². The molecule has 3 amide bonds. The molecular weight excluding hydrogens is 1030 g/mol. The maximum atomic E-state index is 14.4. The monoisotopic (exact) mass is 1120 g/mol. The van der Waals surface area contributed by atoms with Crippen LogP contribution < -0.4 is 26.0 Å². The van der Waals surface area contributed by atoms with E-state index in [1.807, 2.05) is 33.8 Å². The summed E-state index contributed by atoms with van der Waals surface area (Å²) < 4.78 is 29.2. The lowest BCUT2D eigenvalue weighted by atomic mass is 9.83. The highest BCUT2D eigenvalue weighted by atomic mass is 35.5. The van der Waals surface area contributed by atoms with Crippen molar-refractivity contribution in [3.05, 3.63) is 71.8 Å². The number of rotatable bonds is 24. The molecule has 1 unspecified atom stereocenters. The van der Waals surface area contributed by atoms with Gasteiger partial charge in [0, 0.05) is 62.8 Å². The molecule has 3 aliphatic rings. The van der Waals surface area contributed by atoms with Gasteiger partial charge in [-0.3, -0.25) is 24.5 Å². The van der Waals surface area contributed by atoms with Gasteiger partial charge in [-0.2, -0.15) is 0 Å². The smallest absolute Gasteiger partial charge is 0.409 e. The second kappa shape index (κ2) is 30.8. The number of fused-ring (bicyclic) bond motifs is 5. The molecule has 20 heteroatoms. The van der Waals surface area contributed by atoms with Gasteiger partial charge in [0.2, 0.25) is 11.8 Å². The Labute approximate surface area is 464 Å². The zero-order valence-corrected chi connectivity index (χ0v) is 49.3. The summed E-state index contributed by atoms with van der Waals surface area (Å²) in [5, 5.41) is 17.8. The Morgan fingerprint density at radius 2 is 1.83 bits per heavy atom. The van der Waals surface area contributed by atoms with Gasteiger partial charge in [0.1, 0.15) is 46.5 Å². The maximum absolute atomic E-state index is 14.4. The minimum absolute atomic E-state index is 0.0210. The summed E-state index contributed by atoms with van der Waals surface area (Å²) in [6, 6.07) is 2.10. The third kappa shape index (κ3) is 19.0. The van der Waals surface area contributed by atoms with E-state index in [4.69, 9.17) is 41.0 Å². The number of aliphatic hydroxyl groups is 1. The molecule has 10 atom stereocenters. The van der Waals surface area contributed by atoms with E-state index in [0.717, 1.165) is 24.0 Å². The lowest BCUT2D eigenvalue weighted by molar-refractivity contribution is -0.162. The predicted octanol–water partition coefficient (Wildman–Crippen LogP) is 8.47. The van der Waals surface area contributed by atoms with Crippen LogP contribution in [0, 0.1) is 11.8 Å². The number of benzene rings is 1. The number of allylic oxidation sites excluding steroid dienone is 5. The molecule has 0 aliphatic carbocycles. The van der Waals surface area contributed by atoms with Crippen LogP contribution in [-0.2, 0) is 49.3 Å². The largest absolute Gasteiger partial charge is 0.495 e. The van der Waals surface area contributed by atoms with Gasteiger partial charge in [0.25, 0.3) is 0 Å². The van der Waals surface area contributed by atoms with E-state index in [0.29, 0.717) is 55.8 Å². The molecule has 1 aromatic rings. The van der Waals surface area contributed by atoms with Crippen molar-refractivity contribution >= 4 is 74.3 Å². The fourth-order valence-corrected chi connectivity index (χ4v) is 11.9. The van der Waals surface area contributed by atoms with Crippen LogP contribution in [0.15, 0.2) is 61.2 Å². The van der Waals surface area contributed by atoms with Crippen molar-refractivity contribution in [2.24, 2.45) is 17.6 Å². The first-order chi connectivity index (χ1) is 35.8. The lowest BCUT2D eigenvalue weighted by Crippen LogP contribution is -2.63. The fraction of sp³-hybridized carbons (Fsp3) is 0.643.